The summed E-state index contributed by atoms with van der Waals surface area (Å²) >= 11 is 0. The van der Waals surface area contributed by atoms with E-state index in [1.54, 1.807) is 0 Å². The first-order valence-electron chi connectivity index (χ1n) is 12.5. The number of ether oxygens (including phenoxy) is 1. The second-order valence-electron chi connectivity index (χ2n) is 11.4. The maximum Gasteiger partial charge on any atom is 0.150 e. The standard InChI is InChI=1S/C25H44N2O3/c1-16(13-26)27-14-23(29)22-7-6-20-19-5-4-17-12-18(28)8-11-25(17,15-30-3)21(19)9-10-24(20,22)2/h16-22,27-28H,4-15,26H2,1-3H3/t16?,17-,18+,19-,20-,21-,22+,24-,25+/m0/s1. The minimum atomic E-state index is -0.123. The predicted octanol–water partition coefficient (Wildman–Crippen LogP) is 3.14. The summed E-state index contributed by atoms with van der Waals surface area (Å²) in [6, 6.07) is 0.195. The Morgan fingerprint density at radius 1 is 1.17 bits per heavy atom. The lowest BCUT2D eigenvalue weighted by molar-refractivity contribution is -0.160. The topological polar surface area (TPSA) is 84.6 Å². The number of nitrogens with two attached hydrogens (primary N) is 1. The quantitative estimate of drug-likeness (QED) is 0.589. The molecular formula is C25H44N2O3. The Labute approximate surface area is 182 Å². The monoisotopic (exact) mass is 420 g/mol. The van der Waals surface area contributed by atoms with E-state index in [2.05, 4.69) is 12.2 Å². The molecule has 0 amide bonds. The molecule has 0 saturated heterocycles. The molecule has 0 aromatic heterocycles. The fraction of sp³-hybridized carbons (Fsp3) is 0.960. The lowest BCUT2D eigenvalue weighted by Crippen LogP contribution is -2.57. The highest BCUT2D eigenvalue weighted by atomic mass is 16.5. The summed E-state index contributed by atoms with van der Waals surface area (Å²) in [6.45, 7) is 6.35. The molecule has 4 aliphatic rings. The molecule has 172 valence electrons. The van der Waals surface area contributed by atoms with Crippen LogP contribution in [0.4, 0.5) is 0 Å². The smallest absolute Gasteiger partial charge is 0.150 e. The van der Waals surface area contributed by atoms with Crippen molar-refractivity contribution in [2.45, 2.75) is 83.8 Å². The van der Waals surface area contributed by atoms with Gasteiger partial charge in [0.15, 0.2) is 0 Å². The average molecular weight is 421 g/mol. The molecule has 4 aliphatic carbocycles. The molecule has 30 heavy (non-hydrogen) atoms. The highest BCUT2D eigenvalue weighted by Crippen LogP contribution is 2.67. The van der Waals surface area contributed by atoms with Gasteiger partial charge in [0.2, 0.25) is 0 Å². The molecule has 0 bridgehead atoms. The van der Waals surface area contributed by atoms with E-state index in [1.807, 2.05) is 14.0 Å². The Morgan fingerprint density at radius 3 is 2.70 bits per heavy atom. The van der Waals surface area contributed by atoms with Crippen molar-refractivity contribution < 1.29 is 14.6 Å². The number of hydrogen-bond donors (Lipinski definition) is 3. The molecule has 0 spiro atoms. The lowest BCUT2D eigenvalue weighted by Gasteiger charge is -2.61. The van der Waals surface area contributed by atoms with E-state index in [-0.39, 0.29) is 28.9 Å². The number of methoxy groups -OCH3 is 1. The van der Waals surface area contributed by atoms with Crippen molar-refractivity contribution in [3.8, 4) is 0 Å². The van der Waals surface area contributed by atoms with Crippen LogP contribution in [0.3, 0.4) is 0 Å². The highest BCUT2D eigenvalue weighted by molar-refractivity contribution is 5.84. The highest BCUT2D eigenvalue weighted by Gasteiger charge is 2.62. The maximum atomic E-state index is 13.2. The number of ketones is 1. The number of hydrogen-bond acceptors (Lipinski definition) is 5. The molecule has 0 heterocycles. The van der Waals surface area contributed by atoms with Crippen LogP contribution >= 0.6 is 0 Å². The van der Waals surface area contributed by atoms with Crippen molar-refractivity contribution in [1.82, 2.24) is 5.32 Å². The summed E-state index contributed by atoms with van der Waals surface area (Å²) in [5, 5.41) is 13.7. The zero-order valence-corrected chi connectivity index (χ0v) is 19.4. The molecule has 4 fully saturated rings. The van der Waals surface area contributed by atoms with E-state index < -0.39 is 0 Å². The third-order valence-corrected chi connectivity index (χ3v) is 10.1. The summed E-state index contributed by atoms with van der Waals surface area (Å²) in [4.78, 5) is 13.2. The van der Waals surface area contributed by atoms with Crippen molar-refractivity contribution in [3.05, 3.63) is 0 Å². The normalized spacial score (nSPS) is 46.6. The minimum absolute atomic E-state index is 0.123. The third kappa shape index (κ3) is 3.68. The molecular weight excluding hydrogens is 376 g/mol. The van der Waals surface area contributed by atoms with Gasteiger partial charge in [-0.2, -0.15) is 0 Å². The zero-order chi connectivity index (χ0) is 21.5. The van der Waals surface area contributed by atoms with Crippen molar-refractivity contribution in [3.63, 3.8) is 0 Å². The van der Waals surface area contributed by atoms with E-state index in [4.69, 9.17) is 10.5 Å². The molecule has 0 aromatic carbocycles. The lowest BCUT2D eigenvalue weighted by atomic mass is 9.44. The summed E-state index contributed by atoms with van der Waals surface area (Å²) in [6.07, 6.45) is 10.0. The first-order valence-corrected chi connectivity index (χ1v) is 12.5. The first kappa shape index (κ1) is 22.7. The van der Waals surface area contributed by atoms with Crippen LogP contribution in [-0.2, 0) is 9.53 Å². The SMILES string of the molecule is COC[C@]12CC[C@@H](O)C[C@@H]1CC[C@H]1[C@@H]3CC[C@H](C(=O)CNC(C)CN)[C@@]3(C)CC[C@@H]12. The Kier molecular flexibility index (Phi) is 6.66. The molecule has 4 N–H and O–H groups in total. The van der Waals surface area contributed by atoms with Gasteiger partial charge in [-0.3, -0.25) is 4.79 Å². The number of nitrogens with one attached hydrogen (secondary N) is 1. The fourth-order valence-corrected chi connectivity index (χ4v) is 8.59. The summed E-state index contributed by atoms with van der Waals surface area (Å²) < 4.78 is 5.83. The number of carbonyl (C=O) groups excluding carboxylic acids is 1. The Hall–Kier alpha value is -0.490. The van der Waals surface area contributed by atoms with E-state index >= 15 is 0 Å². The predicted molar refractivity (Wildman–Crippen MR) is 119 cm³/mol. The largest absolute Gasteiger partial charge is 0.393 e. The Bertz CT molecular complexity index is 628. The molecule has 0 aromatic rings. The van der Waals surface area contributed by atoms with E-state index in [1.165, 1.54) is 32.1 Å². The third-order valence-electron chi connectivity index (χ3n) is 10.1. The van der Waals surface area contributed by atoms with Crippen LogP contribution in [0.25, 0.3) is 0 Å². The van der Waals surface area contributed by atoms with Crippen molar-refractivity contribution in [1.29, 1.82) is 0 Å². The van der Waals surface area contributed by atoms with Gasteiger partial charge in [-0.05, 0) is 99.2 Å². The zero-order valence-electron chi connectivity index (χ0n) is 19.4. The summed E-state index contributed by atoms with van der Waals surface area (Å²) in [5.41, 5.74) is 6.12. The van der Waals surface area contributed by atoms with Crippen LogP contribution < -0.4 is 11.1 Å². The van der Waals surface area contributed by atoms with Crippen LogP contribution in [0.2, 0.25) is 0 Å². The number of rotatable bonds is 7. The summed E-state index contributed by atoms with van der Waals surface area (Å²) in [7, 11) is 1.85. The molecule has 9 atom stereocenters. The number of fused-ring (bicyclic) bond motifs is 5. The van der Waals surface area contributed by atoms with Gasteiger partial charge in [0.25, 0.3) is 0 Å². The van der Waals surface area contributed by atoms with Gasteiger partial charge in [-0.1, -0.05) is 6.92 Å². The number of Topliss-reactive ketones (excluding diaryl/α,β-unsaturated/α-hetero) is 1. The maximum absolute atomic E-state index is 13.2. The van der Waals surface area contributed by atoms with Gasteiger partial charge >= 0.3 is 0 Å². The van der Waals surface area contributed by atoms with Crippen molar-refractivity contribution >= 4 is 5.78 Å². The number of carbonyl (C=O) groups is 1. The van der Waals surface area contributed by atoms with E-state index in [0.29, 0.717) is 36.6 Å². The molecule has 5 nitrogen and oxygen atoms in total. The number of aliphatic hydroxyl groups excluding tert-OH is 1. The van der Waals surface area contributed by atoms with Gasteiger partial charge in [0, 0.05) is 25.6 Å². The van der Waals surface area contributed by atoms with Gasteiger partial charge in [0.1, 0.15) is 5.78 Å². The van der Waals surface area contributed by atoms with Crippen LogP contribution in [0.5, 0.6) is 0 Å². The fourth-order valence-electron chi connectivity index (χ4n) is 8.59. The summed E-state index contributed by atoms with van der Waals surface area (Å²) in [5.74, 6) is 3.29. The molecule has 4 rings (SSSR count). The molecule has 5 heteroatoms. The number of aliphatic hydroxyl groups is 1. The van der Waals surface area contributed by atoms with Crippen LogP contribution in [0, 0.1) is 40.4 Å². The van der Waals surface area contributed by atoms with Gasteiger partial charge in [0.05, 0.1) is 19.3 Å². The van der Waals surface area contributed by atoms with Crippen LogP contribution in [-0.4, -0.2) is 49.8 Å². The first-order chi connectivity index (χ1) is 14.4. The molecule has 4 saturated carbocycles. The molecule has 0 radical (unpaired) electrons. The van der Waals surface area contributed by atoms with E-state index in [0.717, 1.165) is 38.2 Å². The van der Waals surface area contributed by atoms with Gasteiger partial charge in [-0.15, -0.1) is 0 Å². The van der Waals surface area contributed by atoms with Gasteiger partial charge in [-0.25, -0.2) is 0 Å². The average Bonchev–Trinajstić information content (AvgIpc) is 3.09. The van der Waals surface area contributed by atoms with Crippen molar-refractivity contribution in [2.24, 2.45) is 46.2 Å². The van der Waals surface area contributed by atoms with Crippen LogP contribution in [0.1, 0.15) is 71.6 Å². The Balaban J connectivity index is 1.52. The molecule has 1 unspecified atom stereocenters. The molecule has 0 aliphatic heterocycles. The Morgan fingerprint density at radius 2 is 1.97 bits per heavy atom. The second-order valence-corrected chi connectivity index (χ2v) is 11.4. The minimum Gasteiger partial charge on any atom is -0.393 e. The van der Waals surface area contributed by atoms with Crippen LogP contribution in [0.15, 0.2) is 0 Å². The van der Waals surface area contributed by atoms with Crippen molar-refractivity contribution in [2.75, 3.05) is 26.8 Å². The van der Waals surface area contributed by atoms with E-state index in [9.17, 15) is 9.90 Å². The second kappa shape index (κ2) is 8.80. The van der Waals surface area contributed by atoms with Gasteiger partial charge < -0.3 is 20.9 Å².